The van der Waals surface area contributed by atoms with Crippen LogP contribution in [-0.4, -0.2) is 65.6 Å². The monoisotopic (exact) mass is 454 g/mol. The van der Waals surface area contributed by atoms with E-state index in [-0.39, 0.29) is 17.9 Å². The summed E-state index contributed by atoms with van der Waals surface area (Å²) in [6.07, 6.45) is 4.34. The number of carbonyl (C=O) groups excluding carboxylic acids is 2. The molecule has 2 amide bonds. The quantitative estimate of drug-likeness (QED) is 0.583. The van der Waals surface area contributed by atoms with Gasteiger partial charge in [-0.05, 0) is 63.5 Å². The second-order valence-electron chi connectivity index (χ2n) is 10.6. The predicted molar refractivity (Wildman–Crippen MR) is 128 cm³/mol. The van der Waals surface area contributed by atoms with Crippen molar-refractivity contribution in [1.82, 2.24) is 15.2 Å². The van der Waals surface area contributed by atoms with Gasteiger partial charge in [-0.3, -0.25) is 4.79 Å². The Kier molecular flexibility index (Phi) is 9.67. The molecule has 0 aromatic heterocycles. The van der Waals surface area contributed by atoms with Gasteiger partial charge in [0.1, 0.15) is 0 Å². The molecule has 1 unspecified atom stereocenters. The second-order valence-corrected chi connectivity index (χ2v) is 11.6. The number of nitrogens with one attached hydrogen (secondary N) is 1. The van der Waals surface area contributed by atoms with Gasteiger partial charge >= 0.3 is 6.03 Å². The van der Waals surface area contributed by atoms with Crippen molar-refractivity contribution < 1.29 is 14.3 Å². The van der Waals surface area contributed by atoms with E-state index in [0.717, 1.165) is 44.4 Å². The molecule has 0 aromatic rings. The van der Waals surface area contributed by atoms with Crippen LogP contribution in [0.25, 0.3) is 0 Å². The summed E-state index contributed by atoms with van der Waals surface area (Å²) in [6, 6.07) is -0.205. The van der Waals surface area contributed by atoms with Crippen molar-refractivity contribution in [3.8, 4) is 0 Å². The molecule has 7 nitrogen and oxygen atoms in total. The Morgan fingerprint density at radius 3 is 2.42 bits per heavy atom. The number of rotatable bonds is 8. The SMILES string of the molecule is CC(C)CCC(=O)C1OC(SCCN(C)C)=NN1C(=O)NC1CCC(C(C)(C)C)CC1. The summed E-state index contributed by atoms with van der Waals surface area (Å²) in [5.41, 5.74) is 0.300. The second kappa shape index (κ2) is 11.5. The Hall–Kier alpha value is -1.28. The predicted octanol–water partition coefficient (Wildman–Crippen LogP) is 4.53. The zero-order valence-electron chi connectivity index (χ0n) is 20.4. The highest BCUT2D eigenvalue weighted by Gasteiger charge is 2.39. The zero-order valence-corrected chi connectivity index (χ0v) is 21.3. The number of Topliss-reactive ketones (excluding diaryl/α,β-unsaturated/α-hetero) is 1. The number of urea groups is 1. The number of hydrogen-bond acceptors (Lipinski definition) is 6. The van der Waals surface area contributed by atoms with Crippen LogP contribution in [0.1, 0.15) is 73.1 Å². The van der Waals surface area contributed by atoms with Crippen LogP contribution < -0.4 is 5.32 Å². The molecular weight excluding hydrogens is 412 g/mol. The van der Waals surface area contributed by atoms with Crippen LogP contribution in [0, 0.1) is 17.3 Å². The lowest BCUT2D eigenvalue weighted by molar-refractivity contribution is -0.131. The van der Waals surface area contributed by atoms with E-state index in [2.05, 4.69) is 49.9 Å². The average molecular weight is 455 g/mol. The molecule has 0 aromatic carbocycles. The van der Waals surface area contributed by atoms with Gasteiger partial charge in [0.15, 0.2) is 5.78 Å². The highest BCUT2D eigenvalue weighted by Crippen LogP contribution is 2.37. The van der Waals surface area contributed by atoms with Crippen molar-refractivity contribution in [1.29, 1.82) is 0 Å². The number of nitrogens with zero attached hydrogens (tertiary/aromatic N) is 3. The number of hydrogen-bond donors (Lipinski definition) is 1. The molecule has 0 saturated heterocycles. The van der Waals surface area contributed by atoms with E-state index < -0.39 is 6.23 Å². The largest absolute Gasteiger partial charge is 0.438 e. The lowest BCUT2D eigenvalue weighted by atomic mass is 9.71. The van der Waals surface area contributed by atoms with Gasteiger partial charge < -0.3 is 15.0 Å². The van der Waals surface area contributed by atoms with E-state index in [1.807, 2.05) is 14.1 Å². The minimum atomic E-state index is -0.952. The standard InChI is InChI=1S/C23H42N4O3S/c1-16(2)8-13-19(28)20-27(25-22(30-20)31-15-14-26(6)7)21(29)24-18-11-9-17(10-12-18)23(3,4)5/h16-18,20H,8-15H2,1-7H3,(H,24,29). The maximum atomic E-state index is 13.0. The lowest BCUT2D eigenvalue weighted by Gasteiger charge is -2.37. The van der Waals surface area contributed by atoms with E-state index in [9.17, 15) is 9.59 Å². The molecule has 2 rings (SSSR count). The van der Waals surface area contributed by atoms with E-state index >= 15 is 0 Å². The summed E-state index contributed by atoms with van der Waals surface area (Å²) in [4.78, 5) is 27.9. The smallest absolute Gasteiger partial charge is 0.341 e. The van der Waals surface area contributed by atoms with Gasteiger partial charge in [0.25, 0.3) is 11.5 Å². The van der Waals surface area contributed by atoms with Gasteiger partial charge in [0.05, 0.1) is 0 Å². The van der Waals surface area contributed by atoms with Crippen molar-refractivity contribution in [3.63, 3.8) is 0 Å². The highest BCUT2D eigenvalue weighted by molar-refractivity contribution is 8.13. The minimum Gasteiger partial charge on any atom is -0.438 e. The van der Waals surface area contributed by atoms with Gasteiger partial charge in [-0.15, -0.1) is 5.10 Å². The fourth-order valence-electron chi connectivity index (χ4n) is 3.94. The highest BCUT2D eigenvalue weighted by atomic mass is 32.2. The van der Waals surface area contributed by atoms with Crippen molar-refractivity contribution in [2.75, 3.05) is 26.4 Å². The van der Waals surface area contributed by atoms with E-state index in [1.165, 1.54) is 16.8 Å². The molecule has 8 heteroatoms. The van der Waals surface area contributed by atoms with E-state index in [4.69, 9.17) is 4.74 Å². The fourth-order valence-corrected chi connectivity index (χ4v) is 4.88. The third kappa shape index (κ3) is 8.29. The number of carbonyl (C=O) groups is 2. The number of ether oxygens (including phenoxy) is 1. The summed E-state index contributed by atoms with van der Waals surface area (Å²) < 4.78 is 5.83. The van der Waals surface area contributed by atoms with Gasteiger partial charge in [-0.1, -0.05) is 46.4 Å². The van der Waals surface area contributed by atoms with Crippen LogP contribution in [0.3, 0.4) is 0 Å². The third-order valence-corrected chi connectivity index (χ3v) is 6.93. The van der Waals surface area contributed by atoms with Gasteiger partial charge in [-0.25, -0.2) is 4.79 Å². The Balaban J connectivity index is 1.98. The van der Waals surface area contributed by atoms with Crippen LogP contribution in [0.2, 0.25) is 0 Å². The van der Waals surface area contributed by atoms with Crippen LogP contribution >= 0.6 is 11.8 Å². The first-order valence-corrected chi connectivity index (χ1v) is 12.6. The Labute approximate surface area is 192 Å². The van der Waals surface area contributed by atoms with E-state index in [0.29, 0.717) is 28.9 Å². The first-order valence-electron chi connectivity index (χ1n) is 11.6. The van der Waals surface area contributed by atoms with Gasteiger partial charge in [-0.2, -0.15) is 5.01 Å². The first-order chi connectivity index (χ1) is 14.5. The van der Waals surface area contributed by atoms with Gasteiger partial charge in [0.2, 0.25) is 0 Å². The number of thioether (sulfide) groups is 1. The van der Waals surface area contributed by atoms with E-state index in [1.54, 1.807) is 0 Å². The van der Waals surface area contributed by atoms with Crippen LogP contribution in [0.4, 0.5) is 4.79 Å². The summed E-state index contributed by atoms with van der Waals surface area (Å²) in [7, 11) is 4.01. The van der Waals surface area contributed by atoms with Gasteiger partial charge in [0, 0.05) is 24.8 Å². The molecule has 0 spiro atoms. The van der Waals surface area contributed by atoms with Crippen LogP contribution in [-0.2, 0) is 9.53 Å². The Bertz CT molecular complexity index is 637. The molecular formula is C23H42N4O3S. The van der Waals surface area contributed by atoms with Crippen LogP contribution in [0.15, 0.2) is 5.10 Å². The molecule has 1 atom stereocenters. The molecule has 31 heavy (non-hydrogen) atoms. The molecule has 1 heterocycles. The molecule has 0 radical (unpaired) electrons. The molecule has 1 saturated carbocycles. The Morgan fingerprint density at radius 1 is 1.23 bits per heavy atom. The summed E-state index contributed by atoms with van der Waals surface area (Å²) in [5.74, 6) is 1.79. The molecule has 1 fully saturated rings. The summed E-state index contributed by atoms with van der Waals surface area (Å²) >= 11 is 1.44. The molecule has 1 N–H and O–H groups in total. The normalized spacial score (nSPS) is 24.4. The maximum Gasteiger partial charge on any atom is 0.341 e. The summed E-state index contributed by atoms with van der Waals surface area (Å²) in [5, 5.41) is 9.11. The first kappa shape index (κ1) is 26.0. The molecule has 178 valence electrons. The van der Waals surface area contributed by atoms with Crippen LogP contribution in [0.5, 0.6) is 0 Å². The Morgan fingerprint density at radius 2 is 1.87 bits per heavy atom. The maximum absolute atomic E-state index is 13.0. The lowest BCUT2D eigenvalue weighted by Crippen LogP contribution is -2.49. The third-order valence-electron chi connectivity index (χ3n) is 6.12. The average Bonchev–Trinajstić information content (AvgIpc) is 3.10. The van der Waals surface area contributed by atoms with Crippen molar-refractivity contribution in [2.45, 2.75) is 85.4 Å². The number of hydrazone groups is 1. The molecule has 1 aliphatic heterocycles. The van der Waals surface area contributed by atoms with Crippen molar-refractivity contribution >= 4 is 28.8 Å². The van der Waals surface area contributed by atoms with Crippen molar-refractivity contribution in [2.24, 2.45) is 22.4 Å². The molecule has 1 aliphatic carbocycles. The number of amides is 2. The molecule has 0 bridgehead atoms. The minimum absolute atomic E-state index is 0.0905. The van der Waals surface area contributed by atoms with Crippen molar-refractivity contribution in [3.05, 3.63) is 0 Å². The number of ketones is 1. The molecule has 2 aliphatic rings. The summed E-state index contributed by atoms with van der Waals surface area (Å²) in [6.45, 7) is 11.9. The topological polar surface area (TPSA) is 74.2 Å². The zero-order chi connectivity index (χ0) is 23.2. The fraction of sp³-hybridized carbons (Fsp3) is 0.870.